The molecule has 146 valence electrons. The molecule has 0 saturated carbocycles. The lowest BCUT2D eigenvalue weighted by Crippen LogP contribution is -2.26. The highest BCUT2D eigenvalue weighted by molar-refractivity contribution is 7.88. The van der Waals surface area contributed by atoms with E-state index in [-0.39, 0.29) is 12.3 Å². The maximum atomic E-state index is 12.6. The predicted molar refractivity (Wildman–Crippen MR) is 108 cm³/mol. The molecule has 0 fully saturated rings. The smallest absolute Gasteiger partial charge is 0.217 e. The first kappa shape index (κ1) is 17.9. The molecule has 0 aliphatic heterocycles. The van der Waals surface area contributed by atoms with Crippen LogP contribution >= 0.6 is 11.3 Å². The Balaban J connectivity index is 1.37. The number of nitrogens with zero attached hydrogens (tertiary/aromatic N) is 5. The minimum Gasteiger partial charge on any atom is -0.356 e. The number of hydrogen-bond acceptors (Lipinski definition) is 8. The van der Waals surface area contributed by atoms with E-state index in [2.05, 4.69) is 25.2 Å². The van der Waals surface area contributed by atoms with Crippen molar-refractivity contribution in [1.82, 2.24) is 29.7 Å². The van der Waals surface area contributed by atoms with E-state index in [1.807, 2.05) is 29.6 Å². The highest BCUT2D eigenvalue weighted by Crippen LogP contribution is 2.23. The number of benzene rings is 1. The van der Waals surface area contributed by atoms with Gasteiger partial charge in [0, 0.05) is 5.39 Å². The average Bonchev–Trinajstić information content (AvgIpc) is 3.46. The maximum absolute atomic E-state index is 12.6. The zero-order chi connectivity index (χ0) is 19.8. The molecule has 5 rings (SSSR count). The molecular weight excluding hydrogens is 412 g/mol. The summed E-state index contributed by atoms with van der Waals surface area (Å²) in [5.74, 6) is 0.0984. The van der Waals surface area contributed by atoms with E-state index in [9.17, 15) is 8.42 Å². The summed E-state index contributed by atoms with van der Waals surface area (Å²) >= 11 is 1.57. The predicted octanol–water partition coefficient (Wildman–Crippen LogP) is 2.61. The van der Waals surface area contributed by atoms with Crippen LogP contribution in [0.4, 0.5) is 0 Å². The van der Waals surface area contributed by atoms with Gasteiger partial charge in [0.15, 0.2) is 17.1 Å². The summed E-state index contributed by atoms with van der Waals surface area (Å²) in [4.78, 5) is 1.00. The van der Waals surface area contributed by atoms with Crippen molar-refractivity contribution in [2.45, 2.75) is 12.3 Å². The van der Waals surface area contributed by atoms with Crippen molar-refractivity contribution in [2.24, 2.45) is 0 Å². The fraction of sp³-hybridized carbons (Fsp3) is 0.111. The molecule has 9 nitrogen and oxygen atoms in total. The van der Waals surface area contributed by atoms with Gasteiger partial charge in [-0.05, 0) is 35.7 Å². The molecule has 11 heteroatoms. The number of sulfonamides is 1. The Morgan fingerprint density at radius 3 is 2.83 bits per heavy atom. The maximum Gasteiger partial charge on any atom is 0.217 e. The number of rotatable bonds is 6. The quantitative estimate of drug-likeness (QED) is 0.444. The van der Waals surface area contributed by atoms with E-state index in [1.54, 1.807) is 40.1 Å². The van der Waals surface area contributed by atoms with Crippen molar-refractivity contribution < 1.29 is 12.9 Å². The third-order valence-corrected chi connectivity index (χ3v) is 6.46. The lowest BCUT2D eigenvalue weighted by molar-refractivity contribution is 0.448. The van der Waals surface area contributed by atoms with Crippen LogP contribution in [0, 0.1) is 0 Å². The minimum atomic E-state index is -3.67. The SMILES string of the molecule is O=S(=O)(Cc1noc2ccccc12)NCc1nnc2ccc(-c3cccs3)nn12. The van der Waals surface area contributed by atoms with Gasteiger partial charge in [-0.3, -0.25) is 0 Å². The Kier molecular flexibility index (Phi) is 4.34. The van der Waals surface area contributed by atoms with Gasteiger partial charge < -0.3 is 4.52 Å². The number of nitrogens with one attached hydrogen (secondary N) is 1. The van der Waals surface area contributed by atoms with E-state index in [1.165, 1.54) is 0 Å². The fourth-order valence-corrected chi connectivity index (χ4v) is 4.66. The van der Waals surface area contributed by atoms with Crippen molar-refractivity contribution in [3.05, 3.63) is 65.4 Å². The Labute approximate surface area is 169 Å². The van der Waals surface area contributed by atoms with Crippen LogP contribution in [-0.4, -0.2) is 33.4 Å². The van der Waals surface area contributed by atoms with E-state index in [0.717, 1.165) is 10.6 Å². The lowest BCUT2D eigenvalue weighted by Gasteiger charge is -2.05. The molecule has 5 aromatic rings. The summed E-state index contributed by atoms with van der Waals surface area (Å²) in [6.07, 6.45) is 0. The van der Waals surface area contributed by atoms with Crippen LogP contribution in [0.2, 0.25) is 0 Å². The van der Waals surface area contributed by atoms with Crippen LogP contribution in [0.15, 0.2) is 58.4 Å². The summed E-state index contributed by atoms with van der Waals surface area (Å²) in [5.41, 5.74) is 2.22. The summed E-state index contributed by atoms with van der Waals surface area (Å²) in [7, 11) is -3.67. The van der Waals surface area contributed by atoms with Gasteiger partial charge in [-0.2, -0.15) is 9.61 Å². The standard InChI is InChI=1S/C18H14N6O3S2/c25-29(26,11-14-12-4-1-2-5-15(12)27-23-14)19-10-18-21-20-17-8-7-13(22-24(17)18)16-6-3-9-28-16/h1-9,19H,10-11H2. The van der Waals surface area contributed by atoms with E-state index in [0.29, 0.717) is 28.1 Å². The monoisotopic (exact) mass is 426 g/mol. The first-order chi connectivity index (χ1) is 14.1. The van der Waals surface area contributed by atoms with Gasteiger partial charge in [-0.1, -0.05) is 23.4 Å². The largest absolute Gasteiger partial charge is 0.356 e. The van der Waals surface area contributed by atoms with Gasteiger partial charge in [-0.15, -0.1) is 21.5 Å². The normalized spacial score (nSPS) is 12.1. The fourth-order valence-electron chi connectivity index (χ4n) is 2.95. The second kappa shape index (κ2) is 7.03. The Hall–Kier alpha value is -3.15. The van der Waals surface area contributed by atoms with Crippen LogP contribution in [0.25, 0.3) is 27.2 Å². The number of aromatic nitrogens is 5. The third kappa shape index (κ3) is 3.50. The van der Waals surface area contributed by atoms with Crippen molar-refractivity contribution in [3.8, 4) is 10.6 Å². The molecule has 4 heterocycles. The molecule has 0 amide bonds. The van der Waals surface area contributed by atoms with Gasteiger partial charge in [0.2, 0.25) is 10.0 Å². The number of thiophene rings is 1. The average molecular weight is 426 g/mol. The van der Waals surface area contributed by atoms with Crippen LogP contribution in [0.1, 0.15) is 11.5 Å². The van der Waals surface area contributed by atoms with Crippen LogP contribution in [-0.2, 0) is 22.3 Å². The summed E-state index contributed by atoms with van der Waals surface area (Å²) in [5, 5.41) is 19.2. The Morgan fingerprint density at radius 1 is 1.07 bits per heavy atom. The van der Waals surface area contributed by atoms with E-state index >= 15 is 0 Å². The molecule has 0 bridgehead atoms. The molecule has 0 spiro atoms. The molecule has 29 heavy (non-hydrogen) atoms. The van der Waals surface area contributed by atoms with Crippen LogP contribution in [0.5, 0.6) is 0 Å². The number of para-hydroxylation sites is 1. The zero-order valence-electron chi connectivity index (χ0n) is 14.9. The molecule has 1 aromatic carbocycles. The summed E-state index contributed by atoms with van der Waals surface area (Å²) < 4.78 is 34.4. The van der Waals surface area contributed by atoms with Crippen molar-refractivity contribution >= 4 is 38.0 Å². The highest BCUT2D eigenvalue weighted by Gasteiger charge is 2.19. The summed E-state index contributed by atoms with van der Waals surface area (Å²) in [6, 6.07) is 14.7. The molecule has 0 unspecified atom stereocenters. The topological polar surface area (TPSA) is 115 Å². The lowest BCUT2D eigenvalue weighted by atomic mass is 10.2. The molecule has 4 aromatic heterocycles. The van der Waals surface area contributed by atoms with Gasteiger partial charge in [0.25, 0.3) is 0 Å². The number of fused-ring (bicyclic) bond motifs is 2. The third-order valence-electron chi connectivity index (χ3n) is 4.33. The first-order valence-corrected chi connectivity index (χ1v) is 11.2. The Morgan fingerprint density at radius 2 is 1.97 bits per heavy atom. The first-order valence-electron chi connectivity index (χ1n) is 8.65. The summed E-state index contributed by atoms with van der Waals surface area (Å²) in [6.45, 7) is -0.0415. The number of hydrogen-bond donors (Lipinski definition) is 1. The van der Waals surface area contributed by atoms with Crippen molar-refractivity contribution in [3.63, 3.8) is 0 Å². The van der Waals surface area contributed by atoms with Crippen molar-refractivity contribution in [1.29, 1.82) is 0 Å². The molecule has 0 aliphatic carbocycles. The molecule has 0 aliphatic rings. The second-order valence-electron chi connectivity index (χ2n) is 6.29. The van der Waals surface area contributed by atoms with E-state index < -0.39 is 10.0 Å². The van der Waals surface area contributed by atoms with Crippen molar-refractivity contribution in [2.75, 3.05) is 0 Å². The minimum absolute atomic E-state index is 0.0415. The second-order valence-corrected chi connectivity index (χ2v) is 9.04. The van der Waals surface area contributed by atoms with Crippen LogP contribution in [0.3, 0.4) is 0 Å². The molecular formula is C18H14N6O3S2. The van der Waals surface area contributed by atoms with Crippen LogP contribution < -0.4 is 4.72 Å². The van der Waals surface area contributed by atoms with Gasteiger partial charge in [0.05, 0.1) is 11.4 Å². The molecule has 1 N–H and O–H groups in total. The Bertz CT molecular complexity index is 1410. The molecule has 0 saturated heterocycles. The van der Waals surface area contributed by atoms with Gasteiger partial charge in [0.1, 0.15) is 17.1 Å². The zero-order valence-corrected chi connectivity index (χ0v) is 16.5. The van der Waals surface area contributed by atoms with Gasteiger partial charge >= 0.3 is 0 Å². The highest BCUT2D eigenvalue weighted by atomic mass is 32.2. The molecule has 0 atom stereocenters. The molecule has 0 radical (unpaired) electrons. The van der Waals surface area contributed by atoms with Gasteiger partial charge in [-0.25, -0.2) is 13.1 Å². The van der Waals surface area contributed by atoms with E-state index in [4.69, 9.17) is 4.52 Å².